The van der Waals surface area contributed by atoms with E-state index in [1.165, 1.54) is 4.90 Å². The standard InChI is InChI=1S/C15H20N2O3/c1-16-14(18)13-9-5-6-10-17(13)15(19)20-11-12-7-3-2-4-8-12/h2-4,7-8,13H,5-6,9-11H2,1H3,(H,16,18). The predicted molar refractivity (Wildman–Crippen MR) is 75.0 cm³/mol. The lowest BCUT2D eigenvalue weighted by Crippen LogP contribution is -2.51. The minimum Gasteiger partial charge on any atom is -0.445 e. The molecule has 0 aliphatic carbocycles. The molecule has 2 rings (SSSR count). The van der Waals surface area contributed by atoms with Gasteiger partial charge in [-0.1, -0.05) is 30.3 Å². The van der Waals surface area contributed by atoms with Gasteiger partial charge in [-0.2, -0.15) is 0 Å². The van der Waals surface area contributed by atoms with Crippen LogP contribution in [-0.2, 0) is 16.1 Å². The summed E-state index contributed by atoms with van der Waals surface area (Å²) >= 11 is 0. The van der Waals surface area contributed by atoms with Crippen molar-refractivity contribution in [2.75, 3.05) is 13.6 Å². The molecule has 0 aromatic heterocycles. The third-order valence-electron chi connectivity index (χ3n) is 3.49. The lowest BCUT2D eigenvalue weighted by molar-refractivity contribution is -0.126. The van der Waals surface area contributed by atoms with Gasteiger partial charge in [0.2, 0.25) is 5.91 Å². The largest absolute Gasteiger partial charge is 0.445 e. The molecule has 1 aromatic rings. The molecule has 1 atom stereocenters. The Bertz CT molecular complexity index is 461. The van der Waals surface area contributed by atoms with Gasteiger partial charge in [-0.15, -0.1) is 0 Å². The van der Waals surface area contributed by atoms with Gasteiger partial charge in [0.1, 0.15) is 12.6 Å². The van der Waals surface area contributed by atoms with Crippen molar-refractivity contribution in [2.45, 2.75) is 31.9 Å². The minimum absolute atomic E-state index is 0.124. The molecule has 5 nitrogen and oxygen atoms in total. The van der Waals surface area contributed by atoms with E-state index < -0.39 is 12.1 Å². The molecule has 1 unspecified atom stereocenters. The monoisotopic (exact) mass is 276 g/mol. The van der Waals surface area contributed by atoms with E-state index >= 15 is 0 Å². The maximum atomic E-state index is 12.1. The number of nitrogens with zero attached hydrogens (tertiary/aromatic N) is 1. The average Bonchev–Trinajstić information content (AvgIpc) is 2.52. The molecule has 5 heteroatoms. The quantitative estimate of drug-likeness (QED) is 0.917. The third-order valence-corrected chi connectivity index (χ3v) is 3.49. The topological polar surface area (TPSA) is 58.6 Å². The Labute approximate surface area is 118 Å². The number of likely N-dealkylation sites (N-methyl/N-ethyl adjacent to an activating group) is 1. The Balaban J connectivity index is 1.94. The number of likely N-dealkylation sites (tertiary alicyclic amines) is 1. The molecule has 1 aromatic carbocycles. The van der Waals surface area contributed by atoms with Gasteiger partial charge in [0.25, 0.3) is 0 Å². The summed E-state index contributed by atoms with van der Waals surface area (Å²) in [6, 6.07) is 9.11. The number of amides is 2. The summed E-state index contributed by atoms with van der Waals surface area (Å²) < 4.78 is 5.30. The second-order valence-corrected chi connectivity index (χ2v) is 4.86. The Morgan fingerprint density at radius 1 is 1.30 bits per heavy atom. The van der Waals surface area contributed by atoms with Crippen LogP contribution >= 0.6 is 0 Å². The fourth-order valence-corrected chi connectivity index (χ4v) is 2.39. The molecule has 0 radical (unpaired) electrons. The van der Waals surface area contributed by atoms with Crippen molar-refractivity contribution in [3.05, 3.63) is 35.9 Å². The number of benzene rings is 1. The summed E-state index contributed by atoms with van der Waals surface area (Å²) in [5, 5.41) is 2.60. The Hall–Kier alpha value is -2.04. The summed E-state index contributed by atoms with van der Waals surface area (Å²) in [5.41, 5.74) is 0.939. The van der Waals surface area contributed by atoms with Crippen LogP contribution in [0.25, 0.3) is 0 Å². The molecule has 20 heavy (non-hydrogen) atoms. The first-order valence-electron chi connectivity index (χ1n) is 6.91. The van der Waals surface area contributed by atoms with Crippen LogP contribution in [0.1, 0.15) is 24.8 Å². The minimum atomic E-state index is -0.415. The Morgan fingerprint density at radius 2 is 2.05 bits per heavy atom. The zero-order valence-corrected chi connectivity index (χ0v) is 11.7. The van der Waals surface area contributed by atoms with E-state index in [2.05, 4.69) is 5.32 Å². The predicted octanol–water partition coefficient (Wildman–Crippen LogP) is 1.92. The molecule has 0 bridgehead atoms. The number of rotatable bonds is 3. The number of nitrogens with one attached hydrogen (secondary N) is 1. The molecule has 0 saturated carbocycles. The molecule has 1 N–H and O–H groups in total. The van der Waals surface area contributed by atoms with Crippen molar-refractivity contribution in [2.24, 2.45) is 0 Å². The number of hydrogen-bond acceptors (Lipinski definition) is 3. The highest BCUT2D eigenvalue weighted by Crippen LogP contribution is 2.18. The van der Waals surface area contributed by atoms with E-state index in [1.54, 1.807) is 7.05 Å². The van der Waals surface area contributed by atoms with Gasteiger partial charge in [0.15, 0.2) is 0 Å². The van der Waals surface area contributed by atoms with Gasteiger partial charge in [-0.3, -0.25) is 9.69 Å². The second kappa shape index (κ2) is 6.93. The molecule has 1 heterocycles. The van der Waals surface area contributed by atoms with Crippen LogP contribution in [0.5, 0.6) is 0 Å². The van der Waals surface area contributed by atoms with Crippen molar-refractivity contribution in [1.29, 1.82) is 0 Å². The smallest absolute Gasteiger partial charge is 0.410 e. The van der Waals surface area contributed by atoms with Gasteiger partial charge >= 0.3 is 6.09 Å². The van der Waals surface area contributed by atoms with Gasteiger partial charge < -0.3 is 10.1 Å². The van der Waals surface area contributed by atoms with Gasteiger partial charge in [0, 0.05) is 13.6 Å². The second-order valence-electron chi connectivity index (χ2n) is 4.86. The summed E-state index contributed by atoms with van der Waals surface area (Å²) in [5.74, 6) is -0.124. The van der Waals surface area contributed by atoms with Gasteiger partial charge in [-0.25, -0.2) is 4.79 Å². The first kappa shape index (κ1) is 14.4. The van der Waals surface area contributed by atoms with E-state index in [0.717, 1.165) is 18.4 Å². The van der Waals surface area contributed by atoms with Crippen LogP contribution in [0.15, 0.2) is 30.3 Å². The molecule has 0 spiro atoms. The first-order chi connectivity index (χ1) is 9.72. The van der Waals surface area contributed by atoms with Crippen LogP contribution < -0.4 is 5.32 Å². The molecule has 1 aliphatic heterocycles. The normalized spacial score (nSPS) is 18.4. The number of hydrogen-bond donors (Lipinski definition) is 1. The molecule has 1 aliphatic rings. The van der Waals surface area contributed by atoms with E-state index in [1.807, 2.05) is 30.3 Å². The van der Waals surface area contributed by atoms with Crippen LogP contribution in [-0.4, -0.2) is 36.5 Å². The molecule has 1 saturated heterocycles. The van der Waals surface area contributed by atoms with E-state index in [9.17, 15) is 9.59 Å². The van der Waals surface area contributed by atoms with E-state index in [4.69, 9.17) is 4.74 Å². The highest BCUT2D eigenvalue weighted by atomic mass is 16.6. The summed E-state index contributed by atoms with van der Waals surface area (Å²) in [7, 11) is 1.59. The van der Waals surface area contributed by atoms with Crippen molar-refractivity contribution >= 4 is 12.0 Å². The Morgan fingerprint density at radius 3 is 2.75 bits per heavy atom. The fourth-order valence-electron chi connectivity index (χ4n) is 2.39. The number of ether oxygens (including phenoxy) is 1. The molecular formula is C15H20N2O3. The summed E-state index contributed by atoms with van der Waals surface area (Å²) in [6.07, 6.45) is 2.15. The maximum Gasteiger partial charge on any atom is 0.410 e. The van der Waals surface area contributed by atoms with Crippen molar-refractivity contribution < 1.29 is 14.3 Å². The Kier molecular flexibility index (Phi) is 4.98. The molecular weight excluding hydrogens is 256 g/mol. The number of carbonyl (C=O) groups is 2. The van der Waals surface area contributed by atoms with Crippen LogP contribution in [0.2, 0.25) is 0 Å². The van der Waals surface area contributed by atoms with E-state index in [-0.39, 0.29) is 12.5 Å². The summed E-state index contributed by atoms with van der Waals surface area (Å²) in [6.45, 7) is 0.808. The lowest BCUT2D eigenvalue weighted by Gasteiger charge is -2.33. The molecule has 2 amide bonds. The summed E-state index contributed by atoms with van der Waals surface area (Å²) in [4.78, 5) is 25.5. The zero-order valence-electron chi connectivity index (χ0n) is 11.7. The molecule has 108 valence electrons. The maximum absolute atomic E-state index is 12.1. The first-order valence-corrected chi connectivity index (χ1v) is 6.91. The van der Waals surface area contributed by atoms with Crippen LogP contribution in [0, 0.1) is 0 Å². The number of carbonyl (C=O) groups excluding carboxylic acids is 2. The van der Waals surface area contributed by atoms with Crippen molar-refractivity contribution in [1.82, 2.24) is 10.2 Å². The average molecular weight is 276 g/mol. The van der Waals surface area contributed by atoms with Crippen LogP contribution in [0.3, 0.4) is 0 Å². The van der Waals surface area contributed by atoms with Gasteiger partial charge in [-0.05, 0) is 24.8 Å². The van der Waals surface area contributed by atoms with E-state index in [0.29, 0.717) is 13.0 Å². The highest BCUT2D eigenvalue weighted by molar-refractivity contribution is 5.85. The SMILES string of the molecule is CNC(=O)C1CCCCN1C(=O)OCc1ccccc1. The van der Waals surface area contributed by atoms with Crippen molar-refractivity contribution in [3.63, 3.8) is 0 Å². The molecule has 1 fully saturated rings. The number of piperidine rings is 1. The van der Waals surface area contributed by atoms with Crippen molar-refractivity contribution in [3.8, 4) is 0 Å². The third kappa shape index (κ3) is 3.50. The lowest BCUT2D eigenvalue weighted by atomic mass is 10.0. The zero-order chi connectivity index (χ0) is 14.4. The highest BCUT2D eigenvalue weighted by Gasteiger charge is 2.32. The fraction of sp³-hybridized carbons (Fsp3) is 0.467. The van der Waals surface area contributed by atoms with Crippen LogP contribution in [0.4, 0.5) is 4.79 Å². The van der Waals surface area contributed by atoms with Gasteiger partial charge in [0.05, 0.1) is 0 Å².